The maximum Gasteiger partial charge on any atom is 0.207 e. The largest absolute Gasteiger partial charge is 0.383 e. The number of rotatable bonds is 6. The maximum atomic E-state index is 5.73. The molecule has 6 heteroatoms. The molecule has 1 aromatic rings. The SMILES string of the molecule is COCCN(Cc1nnc(Cl)s1)C(C)C. The summed E-state index contributed by atoms with van der Waals surface area (Å²) < 4.78 is 5.57. The second kappa shape index (κ2) is 6.37. The Kier molecular flexibility index (Phi) is 5.45. The molecule has 0 aliphatic carbocycles. The summed E-state index contributed by atoms with van der Waals surface area (Å²) in [6.07, 6.45) is 0. The highest BCUT2D eigenvalue weighted by atomic mass is 35.5. The van der Waals surface area contributed by atoms with Gasteiger partial charge >= 0.3 is 0 Å². The third kappa shape index (κ3) is 4.42. The van der Waals surface area contributed by atoms with Gasteiger partial charge in [0.05, 0.1) is 13.2 Å². The van der Waals surface area contributed by atoms with Gasteiger partial charge in [0.1, 0.15) is 5.01 Å². The predicted octanol–water partition coefficient (Wildman–Crippen LogP) is 2.05. The minimum Gasteiger partial charge on any atom is -0.383 e. The van der Waals surface area contributed by atoms with Crippen molar-refractivity contribution in [3.05, 3.63) is 9.47 Å². The summed E-state index contributed by atoms with van der Waals surface area (Å²) in [5.74, 6) is 0. The fourth-order valence-corrected chi connectivity index (χ4v) is 2.09. The molecule has 0 aliphatic rings. The van der Waals surface area contributed by atoms with Crippen LogP contribution in [0.15, 0.2) is 0 Å². The first kappa shape index (κ1) is 12.8. The molecule has 0 unspecified atom stereocenters. The molecular weight excluding hydrogens is 234 g/mol. The zero-order chi connectivity index (χ0) is 11.3. The van der Waals surface area contributed by atoms with Crippen LogP contribution >= 0.6 is 22.9 Å². The number of hydrogen-bond acceptors (Lipinski definition) is 5. The first-order valence-electron chi connectivity index (χ1n) is 4.84. The van der Waals surface area contributed by atoms with Gasteiger partial charge in [-0.05, 0) is 25.4 Å². The number of hydrogen-bond donors (Lipinski definition) is 0. The monoisotopic (exact) mass is 249 g/mol. The van der Waals surface area contributed by atoms with Crippen molar-refractivity contribution in [3.63, 3.8) is 0 Å². The highest BCUT2D eigenvalue weighted by Crippen LogP contribution is 2.17. The summed E-state index contributed by atoms with van der Waals surface area (Å²) in [5, 5.41) is 8.73. The van der Waals surface area contributed by atoms with Crippen LogP contribution in [0.2, 0.25) is 4.47 Å². The summed E-state index contributed by atoms with van der Waals surface area (Å²) in [4.78, 5) is 2.28. The lowest BCUT2D eigenvalue weighted by Gasteiger charge is -2.24. The van der Waals surface area contributed by atoms with E-state index in [2.05, 4.69) is 28.9 Å². The van der Waals surface area contributed by atoms with Crippen LogP contribution in [0.5, 0.6) is 0 Å². The molecule has 0 aromatic carbocycles. The molecule has 4 nitrogen and oxygen atoms in total. The number of ether oxygens (including phenoxy) is 1. The van der Waals surface area contributed by atoms with E-state index in [1.165, 1.54) is 11.3 Å². The Balaban J connectivity index is 2.50. The molecule has 0 saturated heterocycles. The van der Waals surface area contributed by atoms with E-state index >= 15 is 0 Å². The normalized spacial score (nSPS) is 11.6. The molecule has 0 radical (unpaired) electrons. The van der Waals surface area contributed by atoms with E-state index in [0.717, 1.165) is 24.7 Å². The lowest BCUT2D eigenvalue weighted by Crippen LogP contribution is -2.33. The van der Waals surface area contributed by atoms with Crippen molar-refractivity contribution in [1.29, 1.82) is 0 Å². The van der Waals surface area contributed by atoms with E-state index in [9.17, 15) is 0 Å². The number of methoxy groups -OCH3 is 1. The van der Waals surface area contributed by atoms with Crippen molar-refractivity contribution in [1.82, 2.24) is 15.1 Å². The molecule has 0 bridgehead atoms. The van der Waals surface area contributed by atoms with Gasteiger partial charge in [0.15, 0.2) is 0 Å². The fraction of sp³-hybridized carbons (Fsp3) is 0.778. The van der Waals surface area contributed by atoms with E-state index in [1.807, 2.05) is 0 Å². The molecule has 0 fully saturated rings. The first-order valence-corrected chi connectivity index (χ1v) is 6.03. The Labute approximate surface area is 99.2 Å². The zero-order valence-corrected chi connectivity index (χ0v) is 10.8. The highest BCUT2D eigenvalue weighted by Gasteiger charge is 2.12. The second-order valence-corrected chi connectivity index (χ2v) is 5.15. The van der Waals surface area contributed by atoms with Gasteiger partial charge in [0, 0.05) is 19.7 Å². The van der Waals surface area contributed by atoms with Crippen LogP contribution in [0.4, 0.5) is 0 Å². The van der Waals surface area contributed by atoms with Gasteiger partial charge in [0.2, 0.25) is 4.47 Å². The van der Waals surface area contributed by atoms with Crippen LogP contribution in [0.25, 0.3) is 0 Å². The topological polar surface area (TPSA) is 38.2 Å². The van der Waals surface area contributed by atoms with Crippen LogP contribution in [0, 0.1) is 0 Å². The molecule has 0 spiro atoms. The van der Waals surface area contributed by atoms with Crippen LogP contribution in [-0.2, 0) is 11.3 Å². The van der Waals surface area contributed by atoms with E-state index in [-0.39, 0.29) is 0 Å². The molecule has 1 aromatic heterocycles. The van der Waals surface area contributed by atoms with Gasteiger partial charge < -0.3 is 4.74 Å². The van der Waals surface area contributed by atoms with Crippen molar-refractivity contribution in [2.45, 2.75) is 26.4 Å². The molecule has 1 rings (SSSR count). The van der Waals surface area contributed by atoms with Gasteiger partial charge in [-0.25, -0.2) is 0 Å². The van der Waals surface area contributed by atoms with Crippen molar-refractivity contribution < 1.29 is 4.74 Å². The molecule has 86 valence electrons. The second-order valence-electron chi connectivity index (χ2n) is 3.51. The Bertz CT molecular complexity index is 293. The van der Waals surface area contributed by atoms with E-state index in [4.69, 9.17) is 16.3 Å². The molecule has 0 saturated carbocycles. The summed E-state index contributed by atoms with van der Waals surface area (Å²) in [6.45, 7) is 6.71. The number of nitrogens with zero attached hydrogens (tertiary/aromatic N) is 3. The molecule has 0 aliphatic heterocycles. The lowest BCUT2D eigenvalue weighted by atomic mass is 10.3. The molecule has 0 atom stereocenters. The Hall–Kier alpha value is -0.230. The van der Waals surface area contributed by atoms with E-state index < -0.39 is 0 Å². The van der Waals surface area contributed by atoms with Crippen LogP contribution in [-0.4, -0.2) is 41.4 Å². The summed E-state index contributed by atoms with van der Waals surface area (Å²) in [7, 11) is 1.71. The molecular formula is C9H16ClN3OS. The number of aromatic nitrogens is 2. The predicted molar refractivity (Wildman–Crippen MR) is 62.3 cm³/mol. The standard InChI is InChI=1S/C9H16ClN3OS/c1-7(2)13(4-5-14-3)6-8-11-12-9(10)15-8/h7H,4-6H2,1-3H3. The Morgan fingerprint density at radius 3 is 2.67 bits per heavy atom. The summed E-state index contributed by atoms with van der Waals surface area (Å²) >= 11 is 7.16. The summed E-state index contributed by atoms with van der Waals surface area (Å²) in [5.41, 5.74) is 0. The van der Waals surface area contributed by atoms with Crippen LogP contribution in [0.3, 0.4) is 0 Å². The Morgan fingerprint density at radius 1 is 1.47 bits per heavy atom. The molecule has 1 heterocycles. The van der Waals surface area contributed by atoms with Crippen molar-refractivity contribution >= 4 is 22.9 Å². The van der Waals surface area contributed by atoms with Crippen molar-refractivity contribution in [2.24, 2.45) is 0 Å². The first-order chi connectivity index (χ1) is 7.13. The molecule has 0 N–H and O–H groups in total. The van der Waals surface area contributed by atoms with Gasteiger partial charge in [0.25, 0.3) is 0 Å². The average Bonchev–Trinajstić information content (AvgIpc) is 2.58. The van der Waals surface area contributed by atoms with Gasteiger partial charge in [-0.2, -0.15) is 0 Å². The zero-order valence-electron chi connectivity index (χ0n) is 9.23. The average molecular weight is 250 g/mol. The highest BCUT2D eigenvalue weighted by molar-refractivity contribution is 7.15. The van der Waals surface area contributed by atoms with Crippen molar-refractivity contribution in [3.8, 4) is 0 Å². The van der Waals surface area contributed by atoms with E-state index in [1.54, 1.807) is 7.11 Å². The lowest BCUT2D eigenvalue weighted by molar-refractivity contribution is 0.124. The smallest absolute Gasteiger partial charge is 0.207 e. The Morgan fingerprint density at radius 2 is 2.20 bits per heavy atom. The van der Waals surface area contributed by atoms with Gasteiger partial charge in [-0.3, -0.25) is 4.90 Å². The van der Waals surface area contributed by atoms with Crippen molar-refractivity contribution in [2.75, 3.05) is 20.3 Å². The third-order valence-corrected chi connectivity index (χ3v) is 3.10. The maximum absolute atomic E-state index is 5.73. The fourth-order valence-electron chi connectivity index (χ4n) is 1.20. The van der Waals surface area contributed by atoms with Gasteiger partial charge in [-0.1, -0.05) is 11.3 Å². The molecule has 0 amide bonds. The minimum absolute atomic E-state index is 0.461. The van der Waals surface area contributed by atoms with E-state index in [0.29, 0.717) is 10.5 Å². The van der Waals surface area contributed by atoms with Gasteiger partial charge in [-0.15, -0.1) is 10.2 Å². The number of halogens is 1. The third-order valence-electron chi connectivity index (χ3n) is 2.09. The molecule has 15 heavy (non-hydrogen) atoms. The van der Waals surface area contributed by atoms with Crippen LogP contribution in [0.1, 0.15) is 18.9 Å². The van der Waals surface area contributed by atoms with Crippen LogP contribution < -0.4 is 0 Å². The summed E-state index contributed by atoms with van der Waals surface area (Å²) in [6, 6.07) is 0.461. The minimum atomic E-state index is 0.461. The quantitative estimate of drug-likeness (QED) is 0.774.